The summed E-state index contributed by atoms with van der Waals surface area (Å²) in [7, 11) is 0. The molecular formula is C16H35N3. The molecule has 1 fully saturated rings. The van der Waals surface area contributed by atoms with Crippen molar-refractivity contribution in [3.8, 4) is 0 Å². The van der Waals surface area contributed by atoms with Gasteiger partial charge in [0.2, 0.25) is 0 Å². The minimum absolute atomic E-state index is 0.605. The van der Waals surface area contributed by atoms with Crippen molar-refractivity contribution >= 4 is 0 Å². The van der Waals surface area contributed by atoms with Gasteiger partial charge in [0, 0.05) is 26.2 Å². The second-order valence-electron chi connectivity index (χ2n) is 5.91. The summed E-state index contributed by atoms with van der Waals surface area (Å²) in [4.78, 5) is 2.50. The van der Waals surface area contributed by atoms with E-state index in [1.165, 1.54) is 70.8 Å². The lowest BCUT2D eigenvalue weighted by Crippen LogP contribution is -2.38. The largest absolute Gasteiger partial charge is 0.329 e. The Labute approximate surface area is 120 Å². The van der Waals surface area contributed by atoms with Crippen LogP contribution in [0.2, 0.25) is 0 Å². The van der Waals surface area contributed by atoms with Gasteiger partial charge in [-0.25, -0.2) is 0 Å². The Bertz CT molecular complexity index is 196. The standard InChI is InChI=1S/C16H35N3/c1-2-3-4-5-6-7-8-9-10-11-16-18-13-15-19(16)14-12-17/h16,18H,2-15,17H2,1H3. The summed E-state index contributed by atoms with van der Waals surface area (Å²) in [5.41, 5.74) is 5.65. The van der Waals surface area contributed by atoms with E-state index >= 15 is 0 Å². The maximum atomic E-state index is 5.65. The lowest BCUT2D eigenvalue weighted by molar-refractivity contribution is 0.231. The van der Waals surface area contributed by atoms with Crippen molar-refractivity contribution in [2.75, 3.05) is 26.2 Å². The van der Waals surface area contributed by atoms with E-state index in [-0.39, 0.29) is 0 Å². The van der Waals surface area contributed by atoms with Crippen LogP contribution in [0.4, 0.5) is 0 Å². The van der Waals surface area contributed by atoms with Crippen LogP contribution in [0.5, 0.6) is 0 Å². The van der Waals surface area contributed by atoms with Crippen molar-refractivity contribution in [3.05, 3.63) is 0 Å². The SMILES string of the molecule is CCCCCCCCCCCC1NCCN1CCN. The topological polar surface area (TPSA) is 41.3 Å². The highest BCUT2D eigenvalue weighted by molar-refractivity contribution is 4.77. The van der Waals surface area contributed by atoms with Crippen LogP contribution in [0.25, 0.3) is 0 Å². The number of nitrogens with two attached hydrogens (primary N) is 1. The molecule has 0 bridgehead atoms. The summed E-state index contributed by atoms with van der Waals surface area (Å²) in [6.07, 6.45) is 14.7. The predicted octanol–water partition coefficient (Wildman–Crippen LogP) is 3.10. The van der Waals surface area contributed by atoms with Crippen molar-refractivity contribution in [2.24, 2.45) is 5.73 Å². The van der Waals surface area contributed by atoms with Gasteiger partial charge >= 0.3 is 0 Å². The minimum Gasteiger partial charge on any atom is -0.329 e. The smallest absolute Gasteiger partial charge is 0.0598 e. The van der Waals surface area contributed by atoms with Crippen LogP contribution in [-0.2, 0) is 0 Å². The molecule has 0 aliphatic carbocycles. The van der Waals surface area contributed by atoms with E-state index in [1.807, 2.05) is 0 Å². The van der Waals surface area contributed by atoms with Crippen molar-refractivity contribution < 1.29 is 0 Å². The highest BCUT2D eigenvalue weighted by Crippen LogP contribution is 2.14. The zero-order chi connectivity index (χ0) is 13.8. The average molecular weight is 269 g/mol. The zero-order valence-electron chi connectivity index (χ0n) is 13.0. The fourth-order valence-electron chi connectivity index (χ4n) is 3.03. The second kappa shape index (κ2) is 11.7. The summed E-state index contributed by atoms with van der Waals surface area (Å²) >= 11 is 0. The first-order valence-corrected chi connectivity index (χ1v) is 8.56. The Kier molecular flexibility index (Phi) is 10.4. The van der Waals surface area contributed by atoms with E-state index in [2.05, 4.69) is 17.1 Å². The number of unbranched alkanes of at least 4 members (excludes halogenated alkanes) is 8. The molecule has 0 saturated carbocycles. The molecule has 1 aliphatic heterocycles. The molecule has 0 aromatic heterocycles. The van der Waals surface area contributed by atoms with Crippen LogP contribution in [0.15, 0.2) is 0 Å². The van der Waals surface area contributed by atoms with Crippen LogP contribution in [0.3, 0.4) is 0 Å². The Balaban J connectivity index is 1.87. The minimum atomic E-state index is 0.605. The predicted molar refractivity (Wildman–Crippen MR) is 84.3 cm³/mol. The third-order valence-corrected chi connectivity index (χ3v) is 4.22. The van der Waals surface area contributed by atoms with Crippen LogP contribution < -0.4 is 11.1 Å². The Morgan fingerprint density at radius 2 is 1.63 bits per heavy atom. The van der Waals surface area contributed by atoms with Gasteiger partial charge in [0.05, 0.1) is 6.17 Å². The maximum absolute atomic E-state index is 5.65. The average Bonchev–Trinajstić information content (AvgIpc) is 2.85. The van der Waals surface area contributed by atoms with Crippen molar-refractivity contribution in [3.63, 3.8) is 0 Å². The second-order valence-corrected chi connectivity index (χ2v) is 5.91. The Morgan fingerprint density at radius 3 is 2.26 bits per heavy atom. The summed E-state index contributed by atoms with van der Waals surface area (Å²) < 4.78 is 0. The van der Waals surface area contributed by atoms with E-state index < -0.39 is 0 Å². The number of hydrogen-bond donors (Lipinski definition) is 2. The van der Waals surface area contributed by atoms with Crippen molar-refractivity contribution in [2.45, 2.75) is 77.3 Å². The van der Waals surface area contributed by atoms with Crippen LogP contribution in [0.1, 0.15) is 71.1 Å². The molecular weight excluding hydrogens is 234 g/mol. The van der Waals surface area contributed by atoms with E-state index in [0.29, 0.717) is 6.17 Å². The molecule has 1 atom stereocenters. The molecule has 1 rings (SSSR count). The summed E-state index contributed by atoms with van der Waals surface area (Å²) in [6, 6.07) is 0. The maximum Gasteiger partial charge on any atom is 0.0598 e. The summed E-state index contributed by atoms with van der Waals surface area (Å²) in [6.45, 7) is 6.44. The molecule has 3 N–H and O–H groups in total. The number of nitrogens with zero attached hydrogens (tertiary/aromatic N) is 1. The first kappa shape index (κ1) is 16.9. The first-order valence-electron chi connectivity index (χ1n) is 8.56. The zero-order valence-corrected chi connectivity index (χ0v) is 13.0. The van der Waals surface area contributed by atoms with Gasteiger partial charge in [-0.1, -0.05) is 64.7 Å². The van der Waals surface area contributed by atoms with Gasteiger partial charge in [-0.3, -0.25) is 4.90 Å². The quantitative estimate of drug-likeness (QED) is 0.535. The third-order valence-electron chi connectivity index (χ3n) is 4.22. The first-order chi connectivity index (χ1) is 9.38. The molecule has 114 valence electrons. The summed E-state index contributed by atoms with van der Waals surface area (Å²) in [5.74, 6) is 0. The molecule has 0 aromatic rings. The lowest BCUT2D eigenvalue weighted by atomic mass is 10.1. The molecule has 0 amide bonds. The summed E-state index contributed by atoms with van der Waals surface area (Å²) in [5, 5.41) is 3.59. The van der Waals surface area contributed by atoms with E-state index in [1.54, 1.807) is 0 Å². The van der Waals surface area contributed by atoms with Gasteiger partial charge in [0.1, 0.15) is 0 Å². The highest BCUT2D eigenvalue weighted by atomic mass is 15.3. The number of nitrogens with one attached hydrogen (secondary N) is 1. The molecule has 0 spiro atoms. The lowest BCUT2D eigenvalue weighted by Gasteiger charge is -2.23. The molecule has 0 aromatic carbocycles. The molecule has 1 aliphatic rings. The fraction of sp³-hybridized carbons (Fsp3) is 1.00. The van der Waals surface area contributed by atoms with Gasteiger partial charge in [0.15, 0.2) is 0 Å². The van der Waals surface area contributed by atoms with E-state index in [9.17, 15) is 0 Å². The monoisotopic (exact) mass is 269 g/mol. The highest BCUT2D eigenvalue weighted by Gasteiger charge is 2.21. The van der Waals surface area contributed by atoms with Gasteiger partial charge in [-0.05, 0) is 6.42 Å². The van der Waals surface area contributed by atoms with Crippen LogP contribution in [0, 0.1) is 0 Å². The van der Waals surface area contributed by atoms with E-state index in [0.717, 1.165) is 19.6 Å². The Hall–Kier alpha value is -0.120. The molecule has 3 nitrogen and oxygen atoms in total. The number of hydrogen-bond acceptors (Lipinski definition) is 3. The molecule has 1 unspecified atom stereocenters. The molecule has 19 heavy (non-hydrogen) atoms. The Morgan fingerprint density at radius 1 is 1.00 bits per heavy atom. The third kappa shape index (κ3) is 7.91. The number of rotatable bonds is 12. The van der Waals surface area contributed by atoms with Gasteiger partial charge in [-0.15, -0.1) is 0 Å². The molecule has 0 radical (unpaired) electrons. The van der Waals surface area contributed by atoms with Crippen LogP contribution in [-0.4, -0.2) is 37.2 Å². The van der Waals surface area contributed by atoms with Gasteiger partial charge in [-0.2, -0.15) is 0 Å². The molecule has 1 heterocycles. The normalized spacial score (nSPS) is 20.2. The van der Waals surface area contributed by atoms with Crippen LogP contribution >= 0.6 is 0 Å². The van der Waals surface area contributed by atoms with Gasteiger partial charge in [0.25, 0.3) is 0 Å². The van der Waals surface area contributed by atoms with Crippen molar-refractivity contribution in [1.82, 2.24) is 10.2 Å². The fourth-order valence-corrected chi connectivity index (χ4v) is 3.03. The van der Waals surface area contributed by atoms with E-state index in [4.69, 9.17) is 5.73 Å². The van der Waals surface area contributed by atoms with Crippen molar-refractivity contribution in [1.29, 1.82) is 0 Å². The molecule has 1 saturated heterocycles. The molecule has 3 heteroatoms. The van der Waals surface area contributed by atoms with Gasteiger partial charge < -0.3 is 11.1 Å².